The molecule has 1 fully saturated rings. The average Bonchev–Trinajstić information content (AvgIpc) is 3.01. The van der Waals surface area contributed by atoms with Gasteiger partial charge in [-0.3, -0.25) is 24.6 Å². The van der Waals surface area contributed by atoms with E-state index in [1.54, 1.807) is 24.3 Å². The average molecular weight is 442 g/mol. The summed E-state index contributed by atoms with van der Waals surface area (Å²) in [5.41, 5.74) is 1.30. The Bertz CT molecular complexity index is 1020. The van der Waals surface area contributed by atoms with Crippen molar-refractivity contribution in [2.45, 2.75) is 26.8 Å². The number of nitro benzene ring substituents is 1. The van der Waals surface area contributed by atoms with Gasteiger partial charge in [0.15, 0.2) is 11.5 Å². The maximum Gasteiger partial charge on any atom is 0.293 e. The highest BCUT2D eigenvalue weighted by atomic mass is 32.2. The van der Waals surface area contributed by atoms with E-state index in [2.05, 4.69) is 0 Å². The van der Waals surface area contributed by atoms with E-state index < -0.39 is 10.8 Å². The second kappa shape index (κ2) is 10.1. The Labute approximate surface area is 184 Å². The first-order chi connectivity index (χ1) is 14.9. The Kier molecular flexibility index (Phi) is 7.30. The van der Waals surface area contributed by atoms with Gasteiger partial charge in [-0.05, 0) is 54.4 Å². The minimum Gasteiger partial charge on any atom is -0.490 e. The highest BCUT2D eigenvalue weighted by Crippen LogP contribution is 2.35. The number of nitro groups is 1. The number of rotatable bonds is 9. The molecule has 1 aliphatic heterocycles. The first-order valence-electron chi connectivity index (χ1n) is 9.81. The van der Waals surface area contributed by atoms with E-state index in [-0.39, 0.29) is 17.5 Å². The standard InChI is InChI=1S/C22H22N2O6S/c1-3-11-30-18-10-7-16(12-19(18)29-4-2)13-20-21(25)23(22(26)31-20)14-15-5-8-17(9-6-15)24(27)28/h5-10,12-13H,3-4,11,14H2,1-2H3/b20-13+. The number of thioether (sulfide) groups is 1. The van der Waals surface area contributed by atoms with Crippen LogP contribution in [0.3, 0.4) is 0 Å². The summed E-state index contributed by atoms with van der Waals surface area (Å²) in [6, 6.07) is 11.1. The monoisotopic (exact) mass is 442 g/mol. The Morgan fingerprint density at radius 3 is 2.45 bits per heavy atom. The lowest BCUT2D eigenvalue weighted by Crippen LogP contribution is -2.27. The fourth-order valence-corrected chi connectivity index (χ4v) is 3.75. The highest BCUT2D eigenvalue weighted by molar-refractivity contribution is 8.18. The summed E-state index contributed by atoms with van der Waals surface area (Å²) >= 11 is 0.859. The molecule has 1 heterocycles. The van der Waals surface area contributed by atoms with E-state index in [1.807, 2.05) is 13.8 Å². The van der Waals surface area contributed by atoms with Crippen LogP contribution in [0.15, 0.2) is 47.4 Å². The zero-order valence-electron chi connectivity index (χ0n) is 17.2. The molecule has 9 heteroatoms. The number of hydrogen-bond donors (Lipinski definition) is 0. The van der Waals surface area contributed by atoms with Crippen molar-refractivity contribution < 1.29 is 24.0 Å². The van der Waals surface area contributed by atoms with Gasteiger partial charge in [0.05, 0.1) is 29.6 Å². The molecule has 1 aliphatic rings. The third-order valence-corrected chi connectivity index (χ3v) is 5.30. The van der Waals surface area contributed by atoms with Gasteiger partial charge >= 0.3 is 0 Å². The highest BCUT2D eigenvalue weighted by Gasteiger charge is 2.35. The van der Waals surface area contributed by atoms with Gasteiger partial charge in [0.25, 0.3) is 16.8 Å². The van der Waals surface area contributed by atoms with Crippen molar-refractivity contribution in [3.8, 4) is 11.5 Å². The minimum atomic E-state index is -0.498. The molecule has 0 aromatic heterocycles. The second-order valence-electron chi connectivity index (χ2n) is 6.68. The molecule has 2 aromatic rings. The van der Waals surface area contributed by atoms with Gasteiger partial charge in [0, 0.05) is 12.1 Å². The summed E-state index contributed by atoms with van der Waals surface area (Å²) in [6.45, 7) is 4.98. The van der Waals surface area contributed by atoms with E-state index in [4.69, 9.17) is 9.47 Å². The molecule has 0 spiro atoms. The predicted octanol–water partition coefficient (Wildman–Crippen LogP) is 5.02. The molecular formula is C22H22N2O6S. The van der Waals surface area contributed by atoms with Gasteiger partial charge in [-0.1, -0.05) is 25.1 Å². The molecule has 8 nitrogen and oxygen atoms in total. The molecule has 2 aromatic carbocycles. The molecule has 3 rings (SSSR count). The van der Waals surface area contributed by atoms with E-state index in [9.17, 15) is 19.7 Å². The Morgan fingerprint density at radius 1 is 1.06 bits per heavy atom. The van der Waals surface area contributed by atoms with Crippen molar-refractivity contribution in [3.63, 3.8) is 0 Å². The number of ether oxygens (including phenoxy) is 2. The van der Waals surface area contributed by atoms with Crippen LogP contribution >= 0.6 is 11.8 Å². The van der Waals surface area contributed by atoms with E-state index in [0.717, 1.165) is 23.1 Å². The molecule has 162 valence electrons. The largest absolute Gasteiger partial charge is 0.490 e. The summed E-state index contributed by atoms with van der Waals surface area (Å²) < 4.78 is 11.3. The van der Waals surface area contributed by atoms with Crippen molar-refractivity contribution in [1.82, 2.24) is 4.90 Å². The zero-order chi connectivity index (χ0) is 22.4. The van der Waals surface area contributed by atoms with Crippen LogP contribution in [0.1, 0.15) is 31.4 Å². The second-order valence-corrected chi connectivity index (χ2v) is 7.67. The third-order valence-electron chi connectivity index (χ3n) is 4.39. The van der Waals surface area contributed by atoms with Crippen LogP contribution < -0.4 is 9.47 Å². The van der Waals surface area contributed by atoms with Crippen LogP contribution in [-0.2, 0) is 11.3 Å². The number of benzene rings is 2. The van der Waals surface area contributed by atoms with Gasteiger partial charge in [-0.15, -0.1) is 0 Å². The topological polar surface area (TPSA) is 99.0 Å². The van der Waals surface area contributed by atoms with Crippen LogP contribution in [0.2, 0.25) is 0 Å². The van der Waals surface area contributed by atoms with E-state index in [0.29, 0.717) is 40.7 Å². The number of imide groups is 1. The number of nitrogens with zero attached hydrogens (tertiary/aromatic N) is 2. The molecule has 0 saturated carbocycles. The summed E-state index contributed by atoms with van der Waals surface area (Å²) in [5, 5.41) is 10.4. The molecule has 31 heavy (non-hydrogen) atoms. The smallest absolute Gasteiger partial charge is 0.293 e. The molecule has 0 radical (unpaired) electrons. The van der Waals surface area contributed by atoms with Crippen LogP contribution in [-0.4, -0.2) is 34.2 Å². The third kappa shape index (κ3) is 5.43. The molecule has 0 aliphatic carbocycles. The molecule has 0 N–H and O–H groups in total. The molecule has 1 saturated heterocycles. The maximum absolute atomic E-state index is 12.8. The molecular weight excluding hydrogens is 420 g/mol. The van der Waals surface area contributed by atoms with Crippen molar-refractivity contribution in [2.75, 3.05) is 13.2 Å². The molecule has 0 atom stereocenters. The van der Waals surface area contributed by atoms with Gasteiger partial charge in [-0.2, -0.15) is 0 Å². The summed E-state index contributed by atoms with van der Waals surface area (Å²) in [6.07, 6.45) is 2.52. The fourth-order valence-electron chi connectivity index (χ4n) is 2.91. The van der Waals surface area contributed by atoms with Gasteiger partial charge in [0.1, 0.15) is 0 Å². The molecule has 0 unspecified atom stereocenters. The lowest BCUT2D eigenvalue weighted by Gasteiger charge is -2.13. The number of amides is 2. The lowest BCUT2D eigenvalue weighted by atomic mass is 10.1. The Balaban J connectivity index is 1.77. The first kappa shape index (κ1) is 22.4. The van der Waals surface area contributed by atoms with Crippen LogP contribution in [0.5, 0.6) is 11.5 Å². The maximum atomic E-state index is 12.8. The van der Waals surface area contributed by atoms with E-state index in [1.165, 1.54) is 24.3 Å². The number of carbonyl (C=O) groups excluding carboxylic acids is 2. The summed E-state index contributed by atoms with van der Waals surface area (Å²) in [5.74, 6) is 0.805. The minimum absolute atomic E-state index is 0.0470. The molecule has 0 bridgehead atoms. The van der Waals surface area contributed by atoms with Crippen LogP contribution in [0.4, 0.5) is 10.5 Å². The van der Waals surface area contributed by atoms with Crippen molar-refractivity contribution in [2.24, 2.45) is 0 Å². The van der Waals surface area contributed by atoms with Gasteiger partial charge < -0.3 is 9.47 Å². The normalized spacial score (nSPS) is 14.9. The quantitative estimate of drug-likeness (QED) is 0.305. The SMILES string of the molecule is CCCOc1ccc(/C=C2/SC(=O)N(Cc3ccc([N+](=O)[O-])cc3)C2=O)cc1OCC. The van der Waals surface area contributed by atoms with Crippen molar-refractivity contribution in [1.29, 1.82) is 0 Å². The Morgan fingerprint density at radius 2 is 1.81 bits per heavy atom. The van der Waals surface area contributed by atoms with Crippen LogP contribution in [0.25, 0.3) is 6.08 Å². The molecule has 2 amide bonds. The predicted molar refractivity (Wildman–Crippen MR) is 118 cm³/mol. The number of hydrogen-bond acceptors (Lipinski definition) is 7. The summed E-state index contributed by atoms with van der Waals surface area (Å²) in [4.78, 5) is 36.9. The van der Waals surface area contributed by atoms with Crippen molar-refractivity contribution in [3.05, 3.63) is 68.6 Å². The lowest BCUT2D eigenvalue weighted by molar-refractivity contribution is -0.384. The van der Waals surface area contributed by atoms with Crippen molar-refractivity contribution >= 4 is 34.7 Å². The number of non-ortho nitro benzene ring substituents is 1. The summed E-state index contributed by atoms with van der Waals surface area (Å²) in [7, 11) is 0. The fraction of sp³-hybridized carbons (Fsp3) is 0.273. The number of carbonyl (C=O) groups is 2. The van der Waals surface area contributed by atoms with Gasteiger partial charge in [-0.25, -0.2) is 0 Å². The van der Waals surface area contributed by atoms with Crippen LogP contribution in [0, 0.1) is 10.1 Å². The van der Waals surface area contributed by atoms with E-state index >= 15 is 0 Å². The first-order valence-corrected chi connectivity index (χ1v) is 10.6. The van der Waals surface area contributed by atoms with Gasteiger partial charge in [0.2, 0.25) is 0 Å². The Hall–Kier alpha value is -3.33. The zero-order valence-corrected chi connectivity index (χ0v) is 18.0.